The molecule has 0 amide bonds. The van der Waals surface area contributed by atoms with Gasteiger partial charge in [0.1, 0.15) is 11.5 Å². The van der Waals surface area contributed by atoms with E-state index in [4.69, 9.17) is 0 Å². The lowest BCUT2D eigenvalue weighted by molar-refractivity contribution is -0.144. The van der Waals surface area contributed by atoms with Gasteiger partial charge < -0.3 is 15.0 Å². The molecule has 8 heteroatoms. The molecule has 0 saturated carbocycles. The number of aliphatic hydroxyl groups is 1. The minimum absolute atomic E-state index is 0.00291. The number of hydrogen-bond donors (Lipinski definition) is 2. The van der Waals surface area contributed by atoms with E-state index < -0.39 is 12.0 Å². The SMILES string of the molecule is Cc1cc2c(N3CCCCC3CCO)nc(C(F)(F)F)nc2[nH]1. The third-order valence-electron chi connectivity index (χ3n) is 4.22. The number of alkyl halides is 3. The summed E-state index contributed by atoms with van der Waals surface area (Å²) in [5.74, 6) is -0.819. The number of anilines is 1. The number of aromatic amines is 1. The summed E-state index contributed by atoms with van der Waals surface area (Å²) >= 11 is 0. The smallest absolute Gasteiger partial charge is 0.396 e. The molecule has 0 radical (unpaired) electrons. The van der Waals surface area contributed by atoms with Gasteiger partial charge in [-0.3, -0.25) is 0 Å². The highest BCUT2D eigenvalue weighted by molar-refractivity contribution is 5.88. The largest absolute Gasteiger partial charge is 0.451 e. The number of halogens is 3. The Morgan fingerprint density at radius 3 is 2.83 bits per heavy atom. The third kappa shape index (κ3) is 3.12. The van der Waals surface area contributed by atoms with Crippen LogP contribution in [-0.2, 0) is 6.18 Å². The van der Waals surface area contributed by atoms with Crippen molar-refractivity contribution in [3.05, 3.63) is 17.6 Å². The molecular weight excluding hydrogens is 309 g/mol. The number of H-pyrrole nitrogens is 1. The van der Waals surface area contributed by atoms with Crippen LogP contribution >= 0.6 is 0 Å². The van der Waals surface area contributed by atoms with Crippen molar-refractivity contribution in [2.45, 2.75) is 44.8 Å². The molecule has 1 fully saturated rings. The fourth-order valence-corrected chi connectivity index (χ4v) is 3.20. The van der Waals surface area contributed by atoms with Crippen molar-refractivity contribution in [1.29, 1.82) is 0 Å². The van der Waals surface area contributed by atoms with Crippen molar-refractivity contribution < 1.29 is 18.3 Å². The maximum Gasteiger partial charge on any atom is 0.451 e. The van der Waals surface area contributed by atoms with Crippen molar-refractivity contribution in [3.8, 4) is 0 Å². The topological polar surface area (TPSA) is 65.0 Å². The van der Waals surface area contributed by atoms with Crippen LogP contribution in [-0.4, -0.2) is 39.3 Å². The van der Waals surface area contributed by atoms with Gasteiger partial charge in [0.2, 0.25) is 5.82 Å². The molecule has 2 N–H and O–H groups in total. The second kappa shape index (κ2) is 5.99. The molecule has 1 aliphatic heterocycles. The van der Waals surface area contributed by atoms with Gasteiger partial charge in [0.05, 0.1) is 5.39 Å². The summed E-state index contributed by atoms with van der Waals surface area (Å²) in [4.78, 5) is 12.2. The third-order valence-corrected chi connectivity index (χ3v) is 4.22. The maximum atomic E-state index is 13.1. The highest BCUT2D eigenvalue weighted by atomic mass is 19.4. The summed E-state index contributed by atoms with van der Waals surface area (Å²) in [6.45, 7) is 2.42. The molecule has 3 heterocycles. The minimum Gasteiger partial charge on any atom is -0.396 e. The Balaban J connectivity index is 2.13. The molecule has 3 rings (SSSR count). The van der Waals surface area contributed by atoms with Crippen LogP contribution in [0.3, 0.4) is 0 Å². The first kappa shape index (κ1) is 16.0. The fraction of sp³-hybridized carbons (Fsp3) is 0.600. The lowest BCUT2D eigenvalue weighted by atomic mass is 9.99. The van der Waals surface area contributed by atoms with Gasteiger partial charge in [0.15, 0.2) is 0 Å². The second-order valence-corrected chi connectivity index (χ2v) is 5.94. The molecule has 126 valence electrons. The number of nitrogens with one attached hydrogen (secondary N) is 1. The van der Waals surface area contributed by atoms with Crippen LogP contribution in [0, 0.1) is 6.92 Å². The van der Waals surface area contributed by atoms with Crippen molar-refractivity contribution in [2.75, 3.05) is 18.1 Å². The average Bonchev–Trinajstić information content (AvgIpc) is 2.86. The molecule has 1 aliphatic rings. The van der Waals surface area contributed by atoms with Crippen molar-refractivity contribution >= 4 is 16.9 Å². The van der Waals surface area contributed by atoms with Gasteiger partial charge in [0, 0.05) is 24.9 Å². The van der Waals surface area contributed by atoms with E-state index in [2.05, 4.69) is 15.0 Å². The van der Waals surface area contributed by atoms with E-state index in [1.807, 2.05) is 4.90 Å². The van der Waals surface area contributed by atoms with Gasteiger partial charge in [-0.25, -0.2) is 9.97 Å². The first-order valence-electron chi connectivity index (χ1n) is 7.72. The fourth-order valence-electron chi connectivity index (χ4n) is 3.20. The van der Waals surface area contributed by atoms with Crippen LogP contribution < -0.4 is 4.90 Å². The molecule has 23 heavy (non-hydrogen) atoms. The van der Waals surface area contributed by atoms with Gasteiger partial charge in [-0.2, -0.15) is 13.2 Å². The summed E-state index contributed by atoms with van der Waals surface area (Å²) in [7, 11) is 0. The van der Waals surface area contributed by atoms with Crippen molar-refractivity contribution in [2.24, 2.45) is 0 Å². The molecule has 1 atom stereocenters. The quantitative estimate of drug-likeness (QED) is 0.909. The summed E-state index contributed by atoms with van der Waals surface area (Å²) in [5.41, 5.74) is 0.943. The van der Waals surface area contributed by atoms with Crippen LogP contribution in [0.1, 0.15) is 37.2 Å². The molecule has 5 nitrogen and oxygen atoms in total. The molecular formula is C15H19F3N4O. The van der Waals surface area contributed by atoms with E-state index in [1.54, 1.807) is 13.0 Å². The number of nitrogens with zero attached hydrogens (tertiary/aromatic N) is 3. The lowest BCUT2D eigenvalue weighted by Crippen LogP contribution is -2.41. The highest BCUT2D eigenvalue weighted by Crippen LogP contribution is 2.34. The van der Waals surface area contributed by atoms with Gasteiger partial charge in [-0.15, -0.1) is 0 Å². The first-order chi connectivity index (χ1) is 10.9. The first-order valence-corrected chi connectivity index (χ1v) is 7.72. The number of hydrogen-bond acceptors (Lipinski definition) is 4. The van der Waals surface area contributed by atoms with Gasteiger partial charge in [-0.05, 0) is 38.7 Å². The minimum atomic E-state index is -4.59. The Morgan fingerprint density at radius 1 is 1.35 bits per heavy atom. The molecule has 1 unspecified atom stereocenters. The number of aliphatic hydroxyl groups excluding tert-OH is 1. The van der Waals surface area contributed by atoms with Crippen LogP contribution in [0.4, 0.5) is 19.0 Å². The van der Waals surface area contributed by atoms with Crippen LogP contribution in [0.15, 0.2) is 6.07 Å². The second-order valence-electron chi connectivity index (χ2n) is 5.94. The molecule has 0 spiro atoms. The van der Waals surface area contributed by atoms with E-state index in [1.165, 1.54) is 0 Å². The molecule has 2 aromatic rings. The number of aromatic nitrogens is 3. The monoisotopic (exact) mass is 328 g/mol. The standard InChI is InChI=1S/C15H19F3N4O/c1-9-8-11-12(19-9)20-14(15(16,17)18)21-13(11)22-6-3-2-4-10(22)5-7-23/h8,10,23H,2-7H2,1H3,(H,19,20,21). The Bertz CT molecular complexity index is 696. The molecule has 0 aliphatic carbocycles. The van der Waals surface area contributed by atoms with E-state index in [0.717, 1.165) is 25.0 Å². The van der Waals surface area contributed by atoms with Gasteiger partial charge in [-0.1, -0.05) is 0 Å². The number of fused-ring (bicyclic) bond motifs is 1. The summed E-state index contributed by atoms with van der Waals surface area (Å²) in [5, 5.41) is 9.84. The predicted octanol–water partition coefficient (Wildman–Crippen LogP) is 3.03. The Morgan fingerprint density at radius 2 is 2.13 bits per heavy atom. The number of piperidine rings is 1. The summed E-state index contributed by atoms with van der Waals surface area (Å²) in [6.07, 6.45) is -1.32. The molecule has 0 bridgehead atoms. The normalized spacial score (nSPS) is 19.5. The zero-order valence-electron chi connectivity index (χ0n) is 12.8. The van der Waals surface area contributed by atoms with E-state index in [-0.39, 0.29) is 18.3 Å². The lowest BCUT2D eigenvalue weighted by Gasteiger charge is -2.37. The van der Waals surface area contributed by atoms with E-state index >= 15 is 0 Å². The molecule has 2 aromatic heterocycles. The van der Waals surface area contributed by atoms with Gasteiger partial charge >= 0.3 is 6.18 Å². The average molecular weight is 328 g/mol. The number of aryl methyl sites for hydroxylation is 1. The van der Waals surface area contributed by atoms with Gasteiger partial charge in [0.25, 0.3) is 0 Å². The maximum absolute atomic E-state index is 13.1. The van der Waals surface area contributed by atoms with Crippen LogP contribution in [0.2, 0.25) is 0 Å². The Hall–Kier alpha value is -1.83. The summed E-state index contributed by atoms with van der Waals surface area (Å²) < 4.78 is 39.4. The Kier molecular flexibility index (Phi) is 4.18. The molecule has 1 saturated heterocycles. The van der Waals surface area contributed by atoms with Crippen molar-refractivity contribution in [1.82, 2.24) is 15.0 Å². The van der Waals surface area contributed by atoms with E-state index in [0.29, 0.717) is 24.2 Å². The highest BCUT2D eigenvalue weighted by Gasteiger charge is 2.37. The van der Waals surface area contributed by atoms with Crippen LogP contribution in [0.5, 0.6) is 0 Å². The zero-order chi connectivity index (χ0) is 16.6. The zero-order valence-corrected chi connectivity index (χ0v) is 12.8. The summed E-state index contributed by atoms with van der Waals surface area (Å²) in [6, 6.07) is 1.78. The van der Waals surface area contributed by atoms with Crippen LogP contribution in [0.25, 0.3) is 11.0 Å². The predicted molar refractivity (Wildman–Crippen MR) is 80.3 cm³/mol. The Labute approximate surface area is 131 Å². The number of rotatable bonds is 3. The molecule has 0 aromatic carbocycles. The van der Waals surface area contributed by atoms with E-state index in [9.17, 15) is 18.3 Å². The van der Waals surface area contributed by atoms with Crippen molar-refractivity contribution in [3.63, 3.8) is 0 Å².